The van der Waals surface area contributed by atoms with Crippen LogP contribution in [-0.2, 0) is 0 Å². The Morgan fingerprint density at radius 1 is 1.47 bits per heavy atom. The predicted octanol–water partition coefficient (Wildman–Crippen LogP) is 3.63. The van der Waals surface area contributed by atoms with Crippen molar-refractivity contribution < 1.29 is 0 Å². The molecule has 1 fully saturated rings. The number of rotatable bonds is 5. The number of hydrogen-bond donors (Lipinski definition) is 1. The van der Waals surface area contributed by atoms with Crippen molar-refractivity contribution in [2.45, 2.75) is 44.8 Å². The molecule has 1 aromatic rings. The molecule has 0 radical (unpaired) electrons. The molecular weight excluding hydrogens is 296 g/mol. The van der Waals surface area contributed by atoms with Gasteiger partial charge in [0.05, 0.1) is 6.04 Å². The van der Waals surface area contributed by atoms with Gasteiger partial charge in [0.25, 0.3) is 0 Å². The van der Waals surface area contributed by atoms with E-state index in [1.165, 1.54) is 17.7 Å². The van der Waals surface area contributed by atoms with Gasteiger partial charge in [-0.05, 0) is 61.7 Å². The molecule has 0 saturated heterocycles. The van der Waals surface area contributed by atoms with Crippen molar-refractivity contribution in [2.75, 3.05) is 7.05 Å². The fourth-order valence-electron chi connectivity index (χ4n) is 2.48. The van der Waals surface area contributed by atoms with Gasteiger partial charge in [-0.3, -0.25) is 4.90 Å². The van der Waals surface area contributed by atoms with Crippen molar-refractivity contribution in [1.29, 1.82) is 0 Å². The van der Waals surface area contributed by atoms with Crippen molar-refractivity contribution in [2.24, 2.45) is 11.7 Å². The van der Waals surface area contributed by atoms with Crippen molar-refractivity contribution in [3.63, 3.8) is 0 Å². The molecule has 0 spiro atoms. The second-order valence-corrected chi connectivity index (χ2v) is 7.07. The largest absolute Gasteiger partial charge is 0.326 e. The van der Waals surface area contributed by atoms with E-state index in [9.17, 15) is 0 Å². The lowest BCUT2D eigenvalue weighted by Gasteiger charge is -2.35. The van der Waals surface area contributed by atoms with Crippen LogP contribution in [0, 0.1) is 5.92 Å². The van der Waals surface area contributed by atoms with Gasteiger partial charge < -0.3 is 5.73 Å². The number of nitrogens with zero attached hydrogens (tertiary/aromatic N) is 1. The summed E-state index contributed by atoms with van der Waals surface area (Å²) in [5.74, 6) is 0.879. The lowest BCUT2D eigenvalue weighted by molar-refractivity contribution is 0.152. The van der Waals surface area contributed by atoms with Crippen LogP contribution in [0.5, 0.6) is 0 Å². The van der Waals surface area contributed by atoms with Gasteiger partial charge in [-0.25, -0.2) is 0 Å². The summed E-state index contributed by atoms with van der Waals surface area (Å²) in [7, 11) is 2.21. The van der Waals surface area contributed by atoms with Crippen LogP contribution in [0.15, 0.2) is 15.9 Å². The third kappa shape index (κ3) is 3.11. The van der Waals surface area contributed by atoms with Crippen molar-refractivity contribution >= 4 is 27.3 Å². The Bertz CT molecular complexity index is 373. The number of nitrogens with two attached hydrogens (primary N) is 1. The highest BCUT2D eigenvalue weighted by Crippen LogP contribution is 2.39. The molecule has 17 heavy (non-hydrogen) atoms. The van der Waals surface area contributed by atoms with Crippen molar-refractivity contribution in [1.82, 2.24) is 4.90 Å². The smallest absolute Gasteiger partial charge is 0.0591 e. The molecule has 1 aromatic heterocycles. The number of hydrogen-bond acceptors (Lipinski definition) is 3. The first kappa shape index (κ1) is 13.5. The number of thiophene rings is 1. The number of likely N-dealkylation sites (N-methyl/N-ethyl adjacent to an activating group) is 1. The van der Waals surface area contributed by atoms with Crippen LogP contribution < -0.4 is 5.73 Å². The van der Waals surface area contributed by atoms with E-state index in [0.717, 1.165) is 10.4 Å². The average Bonchev–Trinajstić information content (AvgIpc) is 3.02. The monoisotopic (exact) mass is 316 g/mol. The van der Waals surface area contributed by atoms with Crippen LogP contribution in [0.1, 0.15) is 37.6 Å². The highest BCUT2D eigenvalue weighted by molar-refractivity contribution is 9.10. The summed E-state index contributed by atoms with van der Waals surface area (Å²) in [6.45, 7) is 4.43. The molecule has 0 aliphatic heterocycles. The molecule has 1 heterocycles. The Morgan fingerprint density at radius 3 is 2.53 bits per heavy atom. The van der Waals surface area contributed by atoms with Gasteiger partial charge in [-0.1, -0.05) is 0 Å². The highest BCUT2D eigenvalue weighted by atomic mass is 79.9. The maximum Gasteiger partial charge on any atom is 0.0591 e. The second kappa shape index (κ2) is 5.39. The van der Waals surface area contributed by atoms with Crippen LogP contribution >= 0.6 is 27.3 Å². The first-order chi connectivity index (χ1) is 8.00. The molecular formula is C13H21BrN2S. The van der Waals surface area contributed by atoms with Crippen LogP contribution in [0.3, 0.4) is 0 Å². The minimum atomic E-state index is 0.159. The molecule has 1 aliphatic carbocycles. The zero-order valence-corrected chi connectivity index (χ0v) is 13.1. The quantitative estimate of drug-likeness (QED) is 0.898. The van der Waals surface area contributed by atoms with Crippen molar-refractivity contribution in [3.05, 3.63) is 20.8 Å². The third-order valence-corrected chi connectivity index (χ3v) is 5.53. The number of halogens is 1. The summed E-state index contributed by atoms with van der Waals surface area (Å²) in [5.41, 5.74) is 6.19. The minimum absolute atomic E-state index is 0.159. The molecule has 1 aliphatic rings. The average molecular weight is 317 g/mol. The lowest BCUT2D eigenvalue weighted by atomic mass is 10.0. The summed E-state index contributed by atoms with van der Waals surface area (Å²) in [4.78, 5) is 3.82. The molecule has 4 heteroatoms. The maximum atomic E-state index is 6.19. The van der Waals surface area contributed by atoms with Crippen LogP contribution in [-0.4, -0.2) is 24.0 Å². The molecule has 0 aromatic carbocycles. The molecule has 0 amide bonds. The topological polar surface area (TPSA) is 29.3 Å². The summed E-state index contributed by atoms with van der Waals surface area (Å²) in [6.07, 6.45) is 2.76. The molecule has 3 atom stereocenters. The Hall–Kier alpha value is 0.1000. The van der Waals surface area contributed by atoms with Gasteiger partial charge in [0.1, 0.15) is 0 Å². The Morgan fingerprint density at radius 2 is 2.12 bits per heavy atom. The fraction of sp³-hybridized carbons (Fsp3) is 0.692. The second-order valence-electron chi connectivity index (χ2n) is 5.21. The molecule has 96 valence electrons. The van der Waals surface area contributed by atoms with Gasteiger partial charge in [-0.2, -0.15) is 0 Å². The van der Waals surface area contributed by atoms with Crippen LogP contribution in [0.25, 0.3) is 0 Å². The summed E-state index contributed by atoms with van der Waals surface area (Å²) < 4.78 is 1.16. The van der Waals surface area contributed by atoms with Gasteiger partial charge in [-0.15, -0.1) is 11.3 Å². The summed E-state index contributed by atoms with van der Waals surface area (Å²) in [6, 6.07) is 3.33. The van der Waals surface area contributed by atoms with Gasteiger partial charge in [0.2, 0.25) is 0 Å². The zero-order chi connectivity index (χ0) is 12.6. The standard InChI is InChI=1S/C13H21BrN2S/c1-8(15)13(12-6-11(14)7-17-12)16(3)9(2)10-4-5-10/h6-10,13H,4-5,15H2,1-3H3. The van der Waals surface area contributed by atoms with Gasteiger partial charge in [0.15, 0.2) is 0 Å². The van der Waals surface area contributed by atoms with E-state index < -0.39 is 0 Å². The van der Waals surface area contributed by atoms with Crippen LogP contribution in [0.2, 0.25) is 0 Å². The normalized spacial score (nSPS) is 21.5. The Kier molecular flexibility index (Phi) is 4.29. The lowest BCUT2D eigenvalue weighted by Crippen LogP contribution is -2.42. The van der Waals surface area contributed by atoms with Gasteiger partial charge in [0, 0.05) is 26.8 Å². The maximum absolute atomic E-state index is 6.19. The molecule has 3 unspecified atom stereocenters. The van der Waals surface area contributed by atoms with Crippen LogP contribution in [0.4, 0.5) is 0 Å². The molecule has 2 nitrogen and oxygen atoms in total. The Labute approximate surface area is 116 Å². The molecule has 1 saturated carbocycles. The minimum Gasteiger partial charge on any atom is -0.326 e. The summed E-state index contributed by atoms with van der Waals surface area (Å²) in [5, 5.41) is 2.14. The first-order valence-corrected chi connectivity index (χ1v) is 7.89. The van der Waals surface area contributed by atoms with E-state index in [4.69, 9.17) is 5.73 Å². The van der Waals surface area contributed by atoms with E-state index in [2.05, 4.69) is 53.2 Å². The van der Waals surface area contributed by atoms with Crippen molar-refractivity contribution in [3.8, 4) is 0 Å². The fourth-order valence-corrected chi connectivity index (χ4v) is 4.19. The SMILES string of the molecule is CC(N)C(c1cc(Br)cs1)N(C)C(C)C1CC1. The van der Waals surface area contributed by atoms with E-state index in [1.807, 2.05) is 0 Å². The van der Waals surface area contributed by atoms with E-state index >= 15 is 0 Å². The molecule has 2 rings (SSSR count). The summed E-state index contributed by atoms with van der Waals surface area (Å²) >= 11 is 5.32. The van der Waals surface area contributed by atoms with E-state index in [1.54, 1.807) is 11.3 Å². The molecule has 2 N–H and O–H groups in total. The molecule has 0 bridgehead atoms. The third-order valence-electron chi connectivity index (χ3n) is 3.76. The van der Waals surface area contributed by atoms with Gasteiger partial charge >= 0.3 is 0 Å². The van der Waals surface area contributed by atoms with E-state index in [0.29, 0.717) is 12.1 Å². The van der Waals surface area contributed by atoms with E-state index in [-0.39, 0.29) is 6.04 Å². The highest BCUT2D eigenvalue weighted by Gasteiger charge is 2.35. The first-order valence-electron chi connectivity index (χ1n) is 6.22. The predicted molar refractivity (Wildman–Crippen MR) is 78.4 cm³/mol. The zero-order valence-electron chi connectivity index (χ0n) is 10.7. The Balaban J connectivity index is 2.16.